The molecule has 1 saturated carbocycles. The number of halogens is 1. The molecule has 1 aliphatic carbocycles. The van der Waals surface area contributed by atoms with Crippen LogP contribution in [-0.2, 0) is 0 Å². The number of rotatable bonds is 4. The van der Waals surface area contributed by atoms with Crippen LogP contribution in [0.4, 0.5) is 5.69 Å². The van der Waals surface area contributed by atoms with Crippen LogP contribution in [0, 0.1) is 11.8 Å². The molecule has 2 aliphatic rings. The third-order valence-corrected chi connectivity index (χ3v) is 5.27. The van der Waals surface area contributed by atoms with Crippen LogP contribution in [0.2, 0.25) is 5.02 Å². The first kappa shape index (κ1) is 15.2. The highest BCUT2D eigenvalue weighted by Crippen LogP contribution is 2.26. The third kappa shape index (κ3) is 4.14. The van der Waals surface area contributed by atoms with E-state index in [2.05, 4.69) is 29.3 Å². The molecule has 2 fully saturated rings. The van der Waals surface area contributed by atoms with Crippen molar-refractivity contribution in [3.05, 3.63) is 29.3 Å². The van der Waals surface area contributed by atoms with E-state index in [1.54, 1.807) is 0 Å². The van der Waals surface area contributed by atoms with Gasteiger partial charge in [-0.1, -0.05) is 31.4 Å². The predicted molar refractivity (Wildman–Crippen MR) is 91.2 cm³/mol. The predicted octanol–water partition coefficient (Wildman–Crippen LogP) is 4.33. The summed E-state index contributed by atoms with van der Waals surface area (Å²) in [6, 6.07) is 8.92. The fourth-order valence-electron chi connectivity index (χ4n) is 3.91. The quantitative estimate of drug-likeness (QED) is 0.890. The standard InChI is InChI=1S/C18H27ClN2/c1-14-10-17(20-11-15-4-2-3-5-15)13-21(12-14)18-8-6-16(19)7-9-18/h6-9,14-15,17,20H,2-5,10-13H2,1H3. The Morgan fingerprint density at radius 1 is 1.14 bits per heavy atom. The Balaban J connectivity index is 1.57. The molecule has 1 aromatic carbocycles. The van der Waals surface area contributed by atoms with Gasteiger partial charge in [-0.3, -0.25) is 0 Å². The molecule has 116 valence electrons. The highest BCUT2D eigenvalue weighted by Gasteiger charge is 2.25. The second-order valence-electron chi connectivity index (χ2n) is 6.98. The van der Waals surface area contributed by atoms with Gasteiger partial charge >= 0.3 is 0 Å². The van der Waals surface area contributed by atoms with Crippen LogP contribution >= 0.6 is 11.6 Å². The van der Waals surface area contributed by atoms with Crippen molar-refractivity contribution < 1.29 is 0 Å². The Hall–Kier alpha value is -0.730. The van der Waals surface area contributed by atoms with E-state index in [1.165, 1.54) is 44.3 Å². The molecule has 1 aliphatic heterocycles. The number of hydrogen-bond donors (Lipinski definition) is 1. The van der Waals surface area contributed by atoms with Gasteiger partial charge < -0.3 is 10.2 Å². The SMILES string of the molecule is CC1CC(NCC2CCCC2)CN(c2ccc(Cl)cc2)C1. The van der Waals surface area contributed by atoms with E-state index < -0.39 is 0 Å². The number of piperidine rings is 1. The molecule has 1 saturated heterocycles. The molecule has 2 unspecified atom stereocenters. The summed E-state index contributed by atoms with van der Waals surface area (Å²) >= 11 is 6.00. The average molecular weight is 307 g/mol. The highest BCUT2D eigenvalue weighted by molar-refractivity contribution is 6.30. The minimum Gasteiger partial charge on any atom is -0.370 e. The fraction of sp³-hybridized carbons (Fsp3) is 0.667. The summed E-state index contributed by atoms with van der Waals surface area (Å²) in [5.41, 5.74) is 1.30. The van der Waals surface area contributed by atoms with E-state index in [0.29, 0.717) is 6.04 Å². The topological polar surface area (TPSA) is 15.3 Å². The Kier molecular flexibility index (Phi) is 5.07. The Labute approximate surface area is 133 Å². The molecule has 1 aromatic rings. The van der Waals surface area contributed by atoms with Crippen LogP contribution in [0.1, 0.15) is 39.0 Å². The van der Waals surface area contributed by atoms with E-state index in [9.17, 15) is 0 Å². The normalized spacial score (nSPS) is 27.2. The van der Waals surface area contributed by atoms with Gasteiger partial charge in [-0.05, 0) is 61.9 Å². The van der Waals surface area contributed by atoms with E-state index in [4.69, 9.17) is 11.6 Å². The zero-order chi connectivity index (χ0) is 14.7. The van der Waals surface area contributed by atoms with Crippen LogP contribution in [0.25, 0.3) is 0 Å². The molecule has 3 heteroatoms. The van der Waals surface area contributed by atoms with Crippen molar-refractivity contribution in [3.63, 3.8) is 0 Å². The summed E-state index contributed by atoms with van der Waals surface area (Å²) in [4.78, 5) is 2.51. The number of nitrogens with one attached hydrogen (secondary N) is 1. The lowest BCUT2D eigenvalue weighted by Crippen LogP contribution is -2.49. The first-order valence-electron chi connectivity index (χ1n) is 8.44. The maximum atomic E-state index is 6.00. The van der Waals surface area contributed by atoms with Gasteiger partial charge in [-0.25, -0.2) is 0 Å². The van der Waals surface area contributed by atoms with Crippen molar-refractivity contribution in [2.45, 2.75) is 45.1 Å². The molecule has 2 nitrogen and oxygen atoms in total. The third-order valence-electron chi connectivity index (χ3n) is 5.02. The molecule has 21 heavy (non-hydrogen) atoms. The summed E-state index contributed by atoms with van der Waals surface area (Å²) in [6.07, 6.45) is 7.03. The van der Waals surface area contributed by atoms with Gasteiger partial charge in [0.2, 0.25) is 0 Å². The Bertz CT molecular complexity index is 439. The van der Waals surface area contributed by atoms with Crippen molar-refractivity contribution in [1.82, 2.24) is 5.32 Å². The van der Waals surface area contributed by atoms with Gasteiger partial charge in [0, 0.05) is 29.8 Å². The lowest BCUT2D eigenvalue weighted by atomic mass is 9.94. The number of nitrogens with zero attached hydrogens (tertiary/aromatic N) is 1. The summed E-state index contributed by atoms with van der Waals surface area (Å²) in [6.45, 7) is 5.86. The van der Waals surface area contributed by atoms with Gasteiger partial charge in [0.15, 0.2) is 0 Å². The summed E-state index contributed by atoms with van der Waals surface area (Å²) in [5, 5.41) is 4.66. The smallest absolute Gasteiger partial charge is 0.0407 e. The second kappa shape index (κ2) is 7.02. The minimum absolute atomic E-state index is 0.630. The van der Waals surface area contributed by atoms with Crippen LogP contribution in [-0.4, -0.2) is 25.7 Å². The molecule has 0 radical (unpaired) electrons. The highest BCUT2D eigenvalue weighted by atomic mass is 35.5. The average Bonchev–Trinajstić information content (AvgIpc) is 2.99. The van der Waals surface area contributed by atoms with E-state index in [1.807, 2.05) is 12.1 Å². The molecule has 1 heterocycles. The molecule has 3 rings (SSSR count). The van der Waals surface area contributed by atoms with E-state index in [0.717, 1.165) is 29.9 Å². The van der Waals surface area contributed by atoms with Crippen molar-refractivity contribution in [2.75, 3.05) is 24.5 Å². The molecule has 1 N–H and O–H groups in total. The maximum absolute atomic E-state index is 6.00. The fourth-order valence-corrected chi connectivity index (χ4v) is 4.04. The molecule has 0 aromatic heterocycles. The molecule has 0 spiro atoms. The minimum atomic E-state index is 0.630. The molecular weight excluding hydrogens is 280 g/mol. The first-order chi connectivity index (χ1) is 10.2. The van der Waals surface area contributed by atoms with E-state index in [-0.39, 0.29) is 0 Å². The molecule has 0 bridgehead atoms. The lowest BCUT2D eigenvalue weighted by Gasteiger charge is -2.38. The van der Waals surface area contributed by atoms with Crippen molar-refractivity contribution >= 4 is 17.3 Å². The number of anilines is 1. The Morgan fingerprint density at radius 2 is 1.86 bits per heavy atom. The molecule has 2 atom stereocenters. The summed E-state index contributed by atoms with van der Waals surface area (Å²) in [7, 11) is 0. The van der Waals surface area contributed by atoms with Crippen LogP contribution < -0.4 is 10.2 Å². The van der Waals surface area contributed by atoms with Gasteiger partial charge in [0.05, 0.1) is 0 Å². The first-order valence-corrected chi connectivity index (χ1v) is 8.82. The van der Waals surface area contributed by atoms with Crippen LogP contribution in [0.5, 0.6) is 0 Å². The van der Waals surface area contributed by atoms with Gasteiger partial charge in [0.25, 0.3) is 0 Å². The van der Waals surface area contributed by atoms with Gasteiger partial charge in [0.1, 0.15) is 0 Å². The molecular formula is C18H27ClN2. The van der Waals surface area contributed by atoms with Crippen molar-refractivity contribution in [2.24, 2.45) is 11.8 Å². The number of benzene rings is 1. The van der Waals surface area contributed by atoms with Crippen molar-refractivity contribution in [3.8, 4) is 0 Å². The van der Waals surface area contributed by atoms with Gasteiger partial charge in [-0.15, -0.1) is 0 Å². The maximum Gasteiger partial charge on any atom is 0.0407 e. The second-order valence-corrected chi connectivity index (χ2v) is 7.41. The largest absolute Gasteiger partial charge is 0.370 e. The van der Waals surface area contributed by atoms with Crippen molar-refractivity contribution in [1.29, 1.82) is 0 Å². The molecule has 0 amide bonds. The zero-order valence-electron chi connectivity index (χ0n) is 13.0. The zero-order valence-corrected chi connectivity index (χ0v) is 13.8. The Morgan fingerprint density at radius 3 is 2.57 bits per heavy atom. The van der Waals surface area contributed by atoms with Crippen LogP contribution in [0.3, 0.4) is 0 Å². The summed E-state index contributed by atoms with van der Waals surface area (Å²) in [5.74, 6) is 1.67. The summed E-state index contributed by atoms with van der Waals surface area (Å²) < 4.78 is 0. The number of hydrogen-bond acceptors (Lipinski definition) is 2. The van der Waals surface area contributed by atoms with Gasteiger partial charge in [-0.2, -0.15) is 0 Å². The van der Waals surface area contributed by atoms with E-state index >= 15 is 0 Å². The van der Waals surface area contributed by atoms with Crippen LogP contribution in [0.15, 0.2) is 24.3 Å². The monoisotopic (exact) mass is 306 g/mol. The lowest BCUT2D eigenvalue weighted by molar-refractivity contribution is 0.332.